The fourth-order valence-electron chi connectivity index (χ4n) is 2.33. The van der Waals surface area contributed by atoms with Crippen LogP contribution in [0, 0.1) is 13.8 Å². The molecule has 2 N–H and O–H groups in total. The molecule has 94 valence electrons. The van der Waals surface area contributed by atoms with E-state index in [4.69, 9.17) is 5.73 Å². The number of likely N-dealkylation sites (N-methyl/N-ethyl adjacent to an activating group) is 1. The van der Waals surface area contributed by atoms with E-state index in [1.807, 2.05) is 31.9 Å². The van der Waals surface area contributed by atoms with Gasteiger partial charge >= 0.3 is 0 Å². The topological polar surface area (TPSA) is 63.4 Å². The lowest BCUT2D eigenvalue weighted by Gasteiger charge is -2.36. The summed E-state index contributed by atoms with van der Waals surface area (Å²) in [7, 11) is -1.28. The van der Waals surface area contributed by atoms with Crippen LogP contribution in [0.4, 0.5) is 5.69 Å². The first-order chi connectivity index (χ1) is 7.88. The van der Waals surface area contributed by atoms with Gasteiger partial charge < -0.3 is 10.6 Å². The summed E-state index contributed by atoms with van der Waals surface area (Å²) < 4.78 is 24.3. The molecule has 0 bridgehead atoms. The van der Waals surface area contributed by atoms with Gasteiger partial charge in [0.1, 0.15) is 0 Å². The van der Waals surface area contributed by atoms with E-state index in [-0.39, 0.29) is 11.8 Å². The molecule has 1 aliphatic heterocycles. The van der Waals surface area contributed by atoms with Crippen molar-refractivity contribution in [3.8, 4) is 0 Å². The number of fused-ring (bicyclic) bond motifs is 1. The standard InChI is InChI=1S/C12H18N2O2S/c1-8-4-5-11-12(9(8)2)14(3)10(6-13)7-17(11,15)16/h4-5,10H,6-7,13H2,1-3H3. The van der Waals surface area contributed by atoms with Crippen molar-refractivity contribution < 1.29 is 8.42 Å². The van der Waals surface area contributed by atoms with E-state index in [0.29, 0.717) is 11.4 Å². The van der Waals surface area contributed by atoms with Gasteiger partial charge in [-0.1, -0.05) is 6.07 Å². The Morgan fingerprint density at radius 3 is 2.65 bits per heavy atom. The summed E-state index contributed by atoms with van der Waals surface area (Å²) in [6.07, 6.45) is 0. The Hall–Kier alpha value is -1.07. The van der Waals surface area contributed by atoms with E-state index in [9.17, 15) is 8.42 Å². The number of hydrogen-bond acceptors (Lipinski definition) is 4. The van der Waals surface area contributed by atoms with Crippen molar-refractivity contribution in [1.29, 1.82) is 0 Å². The highest BCUT2D eigenvalue weighted by atomic mass is 32.2. The van der Waals surface area contributed by atoms with Gasteiger partial charge in [0.2, 0.25) is 0 Å². The van der Waals surface area contributed by atoms with Crippen LogP contribution in [-0.4, -0.2) is 33.8 Å². The van der Waals surface area contributed by atoms with Gasteiger partial charge in [0.15, 0.2) is 9.84 Å². The second kappa shape index (κ2) is 3.99. The number of rotatable bonds is 1. The molecule has 1 aromatic rings. The fourth-order valence-corrected chi connectivity index (χ4v) is 4.24. The van der Waals surface area contributed by atoms with Gasteiger partial charge in [0, 0.05) is 13.6 Å². The van der Waals surface area contributed by atoms with Crippen LogP contribution in [0.15, 0.2) is 17.0 Å². The van der Waals surface area contributed by atoms with Gasteiger partial charge in [-0.25, -0.2) is 8.42 Å². The second-order valence-electron chi connectivity index (χ2n) is 4.64. The Balaban J connectivity index is 2.73. The van der Waals surface area contributed by atoms with E-state index < -0.39 is 9.84 Å². The monoisotopic (exact) mass is 254 g/mol. The predicted molar refractivity (Wildman–Crippen MR) is 69.2 cm³/mol. The van der Waals surface area contributed by atoms with Crippen molar-refractivity contribution in [3.63, 3.8) is 0 Å². The maximum atomic E-state index is 12.2. The second-order valence-corrected chi connectivity index (χ2v) is 6.64. The van der Waals surface area contributed by atoms with E-state index in [1.54, 1.807) is 6.07 Å². The number of nitrogens with two attached hydrogens (primary N) is 1. The van der Waals surface area contributed by atoms with Crippen molar-refractivity contribution >= 4 is 15.5 Å². The molecule has 5 heteroatoms. The molecular formula is C12H18N2O2S. The zero-order valence-electron chi connectivity index (χ0n) is 10.4. The molecule has 1 heterocycles. The van der Waals surface area contributed by atoms with Gasteiger partial charge in [-0.15, -0.1) is 0 Å². The lowest BCUT2D eigenvalue weighted by molar-refractivity contribution is 0.572. The third-order valence-electron chi connectivity index (χ3n) is 3.58. The molecule has 2 rings (SSSR count). The first kappa shape index (κ1) is 12.4. The Bertz CT molecular complexity index is 552. The molecule has 1 unspecified atom stereocenters. The largest absolute Gasteiger partial charge is 0.368 e. The number of anilines is 1. The van der Waals surface area contributed by atoms with E-state index in [1.165, 1.54) is 0 Å². The van der Waals surface area contributed by atoms with Crippen LogP contribution >= 0.6 is 0 Å². The van der Waals surface area contributed by atoms with Crippen LogP contribution in [0.1, 0.15) is 11.1 Å². The number of nitrogens with zero attached hydrogens (tertiary/aromatic N) is 1. The summed E-state index contributed by atoms with van der Waals surface area (Å²) in [5.41, 5.74) is 8.59. The number of benzene rings is 1. The van der Waals surface area contributed by atoms with Gasteiger partial charge in [-0.05, 0) is 31.0 Å². The number of sulfone groups is 1. The van der Waals surface area contributed by atoms with Crippen LogP contribution in [0.25, 0.3) is 0 Å². The summed E-state index contributed by atoms with van der Waals surface area (Å²) in [5.74, 6) is 0.107. The molecule has 4 nitrogen and oxygen atoms in total. The van der Waals surface area contributed by atoms with E-state index in [2.05, 4.69) is 0 Å². The normalized spacial score (nSPS) is 22.4. The molecule has 0 saturated heterocycles. The predicted octanol–water partition coefficient (Wildman–Crippen LogP) is 0.854. The molecule has 1 aromatic carbocycles. The van der Waals surface area contributed by atoms with E-state index in [0.717, 1.165) is 16.8 Å². The molecule has 1 aliphatic rings. The molecule has 0 radical (unpaired) electrons. The SMILES string of the molecule is Cc1ccc2c(c1C)N(C)C(CN)CS2(=O)=O. The van der Waals surface area contributed by atoms with Crippen molar-refractivity contribution in [1.82, 2.24) is 0 Å². The minimum absolute atomic E-state index is 0.107. The van der Waals surface area contributed by atoms with Crippen LogP contribution in [0.5, 0.6) is 0 Å². The minimum atomic E-state index is -3.20. The lowest BCUT2D eigenvalue weighted by atomic mass is 10.1. The summed E-state index contributed by atoms with van der Waals surface area (Å²) >= 11 is 0. The van der Waals surface area contributed by atoms with Crippen LogP contribution < -0.4 is 10.6 Å². The van der Waals surface area contributed by atoms with Crippen LogP contribution in [-0.2, 0) is 9.84 Å². The summed E-state index contributed by atoms with van der Waals surface area (Å²) in [4.78, 5) is 2.44. The fraction of sp³-hybridized carbons (Fsp3) is 0.500. The third kappa shape index (κ3) is 1.83. The van der Waals surface area contributed by atoms with Crippen LogP contribution in [0.3, 0.4) is 0 Å². The molecule has 17 heavy (non-hydrogen) atoms. The van der Waals surface area contributed by atoms with Gasteiger partial charge in [0.25, 0.3) is 0 Å². The molecule has 0 aromatic heterocycles. The highest BCUT2D eigenvalue weighted by Crippen LogP contribution is 2.36. The third-order valence-corrected chi connectivity index (χ3v) is 5.41. The summed E-state index contributed by atoms with van der Waals surface area (Å²) in [5, 5.41) is 0. The zero-order valence-corrected chi connectivity index (χ0v) is 11.2. The highest BCUT2D eigenvalue weighted by molar-refractivity contribution is 7.91. The molecule has 0 spiro atoms. The number of hydrogen-bond donors (Lipinski definition) is 1. The molecule has 0 aliphatic carbocycles. The quantitative estimate of drug-likeness (QED) is 0.807. The summed E-state index contributed by atoms with van der Waals surface area (Å²) in [6.45, 7) is 4.30. The zero-order chi connectivity index (χ0) is 12.8. The maximum Gasteiger partial charge on any atom is 0.182 e. The number of aryl methyl sites for hydroxylation is 1. The Morgan fingerprint density at radius 1 is 1.41 bits per heavy atom. The maximum absolute atomic E-state index is 12.2. The Labute approximate surface area is 102 Å². The van der Waals surface area contributed by atoms with Crippen molar-refractivity contribution in [2.75, 3.05) is 24.2 Å². The van der Waals surface area contributed by atoms with Crippen molar-refractivity contribution in [3.05, 3.63) is 23.3 Å². The Morgan fingerprint density at radius 2 is 2.06 bits per heavy atom. The molecule has 1 atom stereocenters. The van der Waals surface area contributed by atoms with Crippen LogP contribution in [0.2, 0.25) is 0 Å². The summed E-state index contributed by atoms with van der Waals surface area (Å²) in [6, 6.07) is 3.44. The first-order valence-corrected chi connectivity index (χ1v) is 7.29. The molecule has 0 fully saturated rings. The lowest BCUT2D eigenvalue weighted by Crippen LogP contribution is -2.47. The average Bonchev–Trinajstić information content (AvgIpc) is 2.27. The van der Waals surface area contributed by atoms with Crippen molar-refractivity contribution in [2.45, 2.75) is 24.8 Å². The Kier molecular flexibility index (Phi) is 2.91. The van der Waals surface area contributed by atoms with Gasteiger partial charge in [-0.3, -0.25) is 0 Å². The smallest absolute Gasteiger partial charge is 0.182 e. The molecule has 0 saturated carbocycles. The van der Waals surface area contributed by atoms with E-state index >= 15 is 0 Å². The van der Waals surface area contributed by atoms with Gasteiger partial charge in [0.05, 0.1) is 22.4 Å². The van der Waals surface area contributed by atoms with Crippen molar-refractivity contribution in [2.24, 2.45) is 5.73 Å². The minimum Gasteiger partial charge on any atom is -0.368 e. The van der Waals surface area contributed by atoms with Gasteiger partial charge in [-0.2, -0.15) is 0 Å². The molecule has 0 amide bonds. The molecular weight excluding hydrogens is 236 g/mol. The highest BCUT2D eigenvalue weighted by Gasteiger charge is 2.34. The first-order valence-electron chi connectivity index (χ1n) is 5.64. The average molecular weight is 254 g/mol.